The average Bonchev–Trinajstić information content (AvgIpc) is 2.69. The van der Waals surface area contributed by atoms with Gasteiger partial charge in [-0.15, -0.1) is 0 Å². The summed E-state index contributed by atoms with van der Waals surface area (Å²) in [4.78, 5) is 25.1. The normalized spacial score (nSPS) is 11.6. The maximum atomic E-state index is 12.7. The molecule has 2 aromatic rings. The Kier molecular flexibility index (Phi) is 8.29. The van der Waals surface area contributed by atoms with E-state index in [0.717, 1.165) is 5.56 Å². The van der Waals surface area contributed by atoms with Gasteiger partial charge in [0.25, 0.3) is 11.8 Å². The zero-order chi connectivity index (χ0) is 20.5. The van der Waals surface area contributed by atoms with E-state index in [1.54, 1.807) is 49.6 Å². The van der Waals surface area contributed by atoms with Crippen LogP contribution in [0, 0.1) is 6.92 Å². The van der Waals surface area contributed by atoms with Crippen LogP contribution in [-0.2, 0) is 9.53 Å². The highest BCUT2D eigenvalue weighted by Crippen LogP contribution is 2.23. The van der Waals surface area contributed by atoms with Crippen molar-refractivity contribution in [3.8, 4) is 5.75 Å². The van der Waals surface area contributed by atoms with Gasteiger partial charge in [0.05, 0.1) is 17.9 Å². The van der Waals surface area contributed by atoms with Gasteiger partial charge in [-0.1, -0.05) is 30.7 Å². The molecule has 0 aromatic heterocycles. The highest BCUT2D eigenvalue weighted by atomic mass is 35.5. The maximum absolute atomic E-state index is 12.7. The first-order valence-corrected chi connectivity index (χ1v) is 9.43. The molecule has 150 valence electrons. The van der Waals surface area contributed by atoms with Crippen molar-refractivity contribution in [2.75, 3.05) is 25.6 Å². The monoisotopic (exact) mass is 404 g/mol. The number of ether oxygens (including phenoxy) is 2. The number of methoxy groups -OCH3 is 1. The van der Waals surface area contributed by atoms with E-state index in [-0.39, 0.29) is 11.8 Å². The van der Waals surface area contributed by atoms with Crippen LogP contribution in [0.4, 0.5) is 5.69 Å². The zero-order valence-corrected chi connectivity index (χ0v) is 17.0. The Balaban J connectivity index is 2.09. The number of aryl methyl sites for hydroxylation is 1. The first-order chi connectivity index (χ1) is 13.5. The Morgan fingerprint density at radius 1 is 1.18 bits per heavy atom. The molecule has 0 unspecified atom stereocenters. The number of para-hydroxylation sites is 1. The predicted molar refractivity (Wildman–Crippen MR) is 110 cm³/mol. The summed E-state index contributed by atoms with van der Waals surface area (Å²) in [5, 5.41) is 6.18. The van der Waals surface area contributed by atoms with Crippen molar-refractivity contribution in [3.63, 3.8) is 0 Å². The molecule has 0 saturated carbocycles. The Bertz CT molecular complexity index is 826. The third-order valence-electron chi connectivity index (χ3n) is 4.09. The molecular formula is C21H25ClN2O4. The number of nitrogens with one attached hydrogen (secondary N) is 2. The number of halogens is 1. The van der Waals surface area contributed by atoms with Gasteiger partial charge in [0.1, 0.15) is 5.75 Å². The SMILES string of the molecule is CC[C@@H](Oc1ccc(Cl)c(C)c1)C(=O)Nc1ccccc1C(=O)NCCOC. The fourth-order valence-corrected chi connectivity index (χ4v) is 2.66. The minimum absolute atomic E-state index is 0.282. The number of anilines is 1. The lowest BCUT2D eigenvalue weighted by molar-refractivity contribution is -0.122. The van der Waals surface area contributed by atoms with Crippen molar-refractivity contribution in [3.05, 3.63) is 58.6 Å². The molecule has 1 atom stereocenters. The fourth-order valence-electron chi connectivity index (χ4n) is 2.54. The van der Waals surface area contributed by atoms with Gasteiger partial charge in [-0.2, -0.15) is 0 Å². The molecule has 2 rings (SSSR count). The summed E-state index contributed by atoms with van der Waals surface area (Å²) in [6.45, 7) is 4.52. The molecule has 0 aliphatic carbocycles. The van der Waals surface area contributed by atoms with Crippen LogP contribution in [0.3, 0.4) is 0 Å². The van der Waals surface area contributed by atoms with Crippen LogP contribution in [0.5, 0.6) is 5.75 Å². The van der Waals surface area contributed by atoms with Crippen molar-refractivity contribution < 1.29 is 19.1 Å². The summed E-state index contributed by atoms with van der Waals surface area (Å²) >= 11 is 6.03. The number of rotatable bonds is 9. The quantitative estimate of drug-likeness (QED) is 0.623. The van der Waals surface area contributed by atoms with Crippen LogP contribution in [0.25, 0.3) is 0 Å². The number of hydrogen-bond donors (Lipinski definition) is 2. The molecule has 6 nitrogen and oxygen atoms in total. The molecule has 0 spiro atoms. The molecule has 0 saturated heterocycles. The lowest BCUT2D eigenvalue weighted by atomic mass is 10.1. The van der Waals surface area contributed by atoms with E-state index in [0.29, 0.717) is 41.6 Å². The number of carbonyl (C=O) groups excluding carboxylic acids is 2. The Hall–Kier alpha value is -2.57. The minimum atomic E-state index is -0.704. The molecule has 0 bridgehead atoms. The van der Waals surface area contributed by atoms with Crippen LogP contribution in [-0.4, -0.2) is 38.2 Å². The van der Waals surface area contributed by atoms with E-state index >= 15 is 0 Å². The molecule has 0 radical (unpaired) electrons. The third-order valence-corrected chi connectivity index (χ3v) is 4.52. The second-order valence-corrected chi connectivity index (χ2v) is 6.62. The van der Waals surface area contributed by atoms with Gasteiger partial charge < -0.3 is 20.1 Å². The molecule has 2 N–H and O–H groups in total. The third kappa shape index (κ3) is 5.97. The van der Waals surface area contributed by atoms with Gasteiger partial charge >= 0.3 is 0 Å². The van der Waals surface area contributed by atoms with Gasteiger partial charge in [0, 0.05) is 18.7 Å². The summed E-state index contributed by atoms with van der Waals surface area (Å²) in [7, 11) is 1.56. The largest absolute Gasteiger partial charge is 0.481 e. The predicted octanol–water partition coefficient (Wildman–Crippen LogP) is 3.82. The van der Waals surface area contributed by atoms with E-state index in [1.165, 1.54) is 0 Å². The van der Waals surface area contributed by atoms with E-state index in [2.05, 4.69) is 10.6 Å². The highest BCUT2D eigenvalue weighted by molar-refractivity contribution is 6.31. The van der Waals surface area contributed by atoms with E-state index in [9.17, 15) is 9.59 Å². The van der Waals surface area contributed by atoms with Crippen molar-refractivity contribution in [1.29, 1.82) is 0 Å². The smallest absolute Gasteiger partial charge is 0.265 e. The number of amides is 2. The lowest BCUT2D eigenvalue weighted by Gasteiger charge is -2.19. The van der Waals surface area contributed by atoms with Gasteiger partial charge in [0.2, 0.25) is 0 Å². The summed E-state index contributed by atoms with van der Waals surface area (Å²) in [6.07, 6.45) is -0.236. The molecule has 7 heteroatoms. The maximum Gasteiger partial charge on any atom is 0.265 e. The highest BCUT2D eigenvalue weighted by Gasteiger charge is 2.21. The van der Waals surface area contributed by atoms with E-state index in [1.807, 2.05) is 13.8 Å². The molecule has 2 aromatic carbocycles. The topological polar surface area (TPSA) is 76.7 Å². The molecule has 0 aliphatic heterocycles. The standard InChI is InChI=1S/C21H25ClN2O4/c1-4-19(28-15-9-10-17(22)14(2)13-15)21(26)24-18-8-6-5-7-16(18)20(25)23-11-12-27-3/h5-10,13,19H,4,11-12H2,1-3H3,(H,23,25)(H,24,26)/t19-/m1/s1. The van der Waals surface area contributed by atoms with E-state index < -0.39 is 6.10 Å². The number of carbonyl (C=O) groups is 2. The lowest BCUT2D eigenvalue weighted by Crippen LogP contribution is -2.34. The van der Waals surface area contributed by atoms with Gasteiger partial charge in [-0.25, -0.2) is 0 Å². The van der Waals surface area contributed by atoms with Crippen molar-refractivity contribution in [2.24, 2.45) is 0 Å². The second kappa shape index (κ2) is 10.7. The minimum Gasteiger partial charge on any atom is -0.481 e. The molecule has 0 fully saturated rings. The van der Waals surface area contributed by atoms with Crippen LogP contribution < -0.4 is 15.4 Å². The van der Waals surface area contributed by atoms with Crippen molar-refractivity contribution >= 4 is 29.1 Å². The Morgan fingerprint density at radius 2 is 1.93 bits per heavy atom. The van der Waals surface area contributed by atoms with Crippen molar-refractivity contribution in [2.45, 2.75) is 26.4 Å². The van der Waals surface area contributed by atoms with Gasteiger partial charge in [0.15, 0.2) is 6.10 Å². The molecule has 28 heavy (non-hydrogen) atoms. The van der Waals surface area contributed by atoms with Crippen molar-refractivity contribution in [1.82, 2.24) is 5.32 Å². The summed E-state index contributed by atoms with van der Waals surface area (Å²) in [5.41, 5.74) is 1.67. The first-order valence-electron chi connectivity index (χ1n) is 9.06. The molecule has 2 amide bonds. The van der Waals surface area contributed by atoms with Gasteiger partial charge in [-0.05, 0) is 49.2 Å². The van der Waals surface area contributed by atoms with Crippen LogP contribution in [0.2, 0.25) is 5.02 Å². The summed E-state index contributed by atoms with van der Waals surface area (Å²) in [6, 6.07) is 12.1. The molecule has 0 aliphatic rings. The Labute approximate surface area is 170 Å². The zero-order valence-electron chi connectivity index (χ0n) is 16.3. The molecular weight excluding hydrogens is 380 g/mol. The Morgan fingerprint density at radius 3 is 2.61 bits per heavy atom. The second-order valence-electron chi connectivity index (χ2n) is 6.21. The van der Waals surface area contributed by atoms with Crippen LogP contribution >= 0.6 is 11.6 Å². The number of hydrogen-bond acceptors (Lipinski definition) is 4. The number of benzene rings is 2. The van der Waals surface area contributed by atoms with Crippen LogP contribution in [0.15, 0.2) is 42.5 Å². The first kappa shape index (κ1) is 21.7. The van der Waals surface area contributed by atoms with Gasteiger partial charge in [-0.3, -0.25) is 9.59 Å². The molecule has 0 heterocycles. The van der Waals surface area contributed by atoms with E-state index in [4.69, 9.17) is 21.1 Å². The van der Waals surface area contributed by atoms with Crippen LogP contribution in [0.1, 0.15) is 29.3 Å². The average molecular weight is 405 g/mol. The summed E-state index contributed by atoms with van der Waals surface area (Å²) < 4.78 is 10.8. The fraction of sp³-hybridized carbons (Fsp3) is 0.333. The summed E-state index contributed by atoms with van der Waals surface area (Å²) in [5.74, 6) is -0.0445.